The highest BCUT2D eigenvalue weighted by Gasteiger charge is 2.20. The van der Waals surface area contributed by atoms with Gasteiger partial charge in [-0.1, -0.05) is 13.0 Å². The molecule has 2 heteroatoms. The van der Waals surface area contributed by atoms with E-state index in [0.29, 0.717) is 5.92 Å². The molecule has 0 amide bonds. The Labute approximate surface area is 111 Å². The van der Waals surface area contributed by atoms with Crippen LogP contribution in [0.4, 0.5) is 0 Å². The average Bonchev–Trinajstić information content (AvgIpc) is 3.16. The van der Waals surface area contributed by atoms with E-state index in [2.05, 4.69) is 38.2 Å². The predicted octanol–water partition coefficient (Wildman–Crippen LogP) is 3.56. The zero-order valence-electron chi connectivity index (χ0n) is 12.0. The lowest BCUT2D eigenvalue weighted by Gasteiger charge is -2.18. The molecule has 1 aliphatic rings. The maximum atomic E-state index is 5.37. The topological polar surface area (TPSA) is 21.3 Å². The summed E-state index contributed by atoms with van der Waals surface area (Å²) < 4.78 is 5.37. The molecule has 2 rings (SSSR count). The van der Waals surface area contributed by atoms with E-state index < -0.39 is 0 Å². The first-order valence-electron chi connectivity index (χ1n) is 7.01. The number of rotatable bonds is 6. The Hall–Kier alpha value is -1.02. The zero-order valence-corrected chi connectivity index (χ0v) is 12.0. The summed E-state index contributed by atoms with van der Waals surface area (Å²) in [5.74, 6) is 1.61. The van der Waals surface area contributed by atoms with Gasteiger partial charge in [-0.15, -0.1) is 0 Å². The van der Waals surface area contributed by atoms with Crippen LogP contribution in [-0.2, 0) is 0 Å². The molecule has 1 saturated carbocycles. The standard InChI is InChI=1S/C16H25NO/c1-11(9-10-17-14-5-6-14)15-7-8-16(18-4)13(3)12(15)2/h7-8,11,14,17H,5-6,9-10H2,1-4H3. The molecule has 0 radical (unpaired) electrons. The van der Waals surface area contributed by atoms with Gasteiger partial charge in [0.15, 0.2) is 0 Å². The molecule has 1 atom stereocenters. The van der Waals surface area contributed by atoms with Gasteiger partial charge in [0, 0.05) is 6.04 Å². The molecule has 2 nitrogen and oxygen atoms in total. The van der Waals surface area contributed by atoms with Crippen molar-refractivity contribution < 1.29 is 4.74 Å². The van der Waals surface area contributed by atoms with Crippen molar-refractivity contribution in [2.45, 2.75) is 52.0 Å². The third-order valence-corrected chi connectivity index (χ3v) is 4.12. The van der Waals surface area contributed by atoms with E-state index >= 15 is 0 Å². The molecular formula is C16H25NO. The molecule has 0 saturated heterocycles. The molecule has 1 aromatic rings. The summed E-state index contributed by atoms with van der Waals surface area (Å²) in [4.78, 5) is 0. The highest BCUT2D eigenvalue weighted by molar-refractivity contribution is 5.44. The minimum atomic E-state index is 0.612. The fourth-order valence-electron chi connectivity index (χ4n) is 2.52. The Kier molecular flexibility index (Phi) is 4.28. The van der Waals surface area contributed by atoms with Gasteiger partial charge in [0.25, 0.3) is 0 Å². The first-order chi connectivity index (χ1) is 8.63. The van der Waals surface area contributed by atoms with Crippen molar-refractivity contribution in [3.63, 3.8) is 0 Å². The highest BCUT2D eigenvalue weighted by Crippen LogP contribution is 2.30. The third kappa shape index (κ3) is 3.05. The van der Waals surface area contributed by atoms with Crippen molar-refractivity contribution >= 4 is 0 Å². The van der Waals surface area contributed by atoms with Gasteiger partial charge in [-0.3, -0.25) is 0 Å². The van der Waals surface area contributed by atoms with Gasteiger partial charge in [-0.25, -0.2) is 0 Å². The second-order valence-corrected chi connectivity index (χ2v) is 5.53. The van der Waals surface area contributed by atoms with Crippen LogP contribution in [0.2, 0.25) is 0 Å². The van der Waals surface area contributed by atoms with Crippen molar-refractivity contribution in [2.75, 3.05) is 13.7 Å². The fraction of sp³-hybridized carbons (Fsp3) is 0.625. The van der Waals surface area contributed by atoms with E-state index in [0.717, 1.165) is 18.3 Å². The molecule has 0 aliphatic heterocycles. The number of hydrogen-bond donors (Lipinski definition) is 1. The molecule has 1 N–H and O–H groups in total. The molecule has 100 valence electrons. The first kappa shape index (κ1) is 13.4. The summed E-state index contributed by atoms with van der Waals surface area (Å²) in [6.07, 6.45) is 3.95. The molecule has 0 aromatic heterocycles. The number of hydrogen-bond acceptors (Lipinski definition) is 2. The lowest BCUT2D eigenvalue weighted by atomic mass is 9.91. The Balaban J connectivity index is 1.99. The van der Waals surface area contributed by atoms with Crippen LogP contribution in [0.5, 0.6) is 5.75 Å². The number of methoxy groups -OCH3 is 1. The third-order valence-electron chi connectivity index (χ3n) is 4.12. The summed E-state index contributed by atoms with van der Waals surface area (Å²) >= 11 is 0. The van der Waals surface area contributed by atoms with Gasteiger partial charge < -0.3 is 10.1 Å². The van der Waals surface area contributed by atoms with Gasteiger partial charge in [0.2, 0.25) is 0 Å². The number of benzene rings is 1. The van der Waals surface area contributed by atoms with Crippen LogP contribution in [0.15, 0.2) is 12.1 Å². The Morgan fingerprint density at radius 1 is 1.28 bits per heavy atom. The summed E-state index contributed by atoms with van der Waals surface area (Å²) in [7, 11) is 1.74. The Bertz CT molecular complexity index is 410. The summed E-state index contributed by atoms with van der Waals surface area (Å²) in [5.41, 5.74) is 4.12. The molecule has 18 heavy (non-hydrogen) atoms. The highest BCUT2D eigenvalue weighted by atomic mass is 16.5. The van der Waals surface area contributed by atoms with Crippen LogP contribution in [0.1, 0.15) is 48.8 Å². The Morgan fingerprint density at radius 3 is 2.61 bits per heavy atom. The van der Waals surface area contributed by atoms with Crippen molar-refractivity contribution in [2.24, 2.45) is 0 Å². The second-order valence-electron chi connectivity index (χ2n) is 5.53. The fourth-order valence-corrected chi connectivity index (χ4v) is 2.52. The molecule has 1 aliphatic carbocycles. The Morgan fingerprint density at radius 2 is 2.00 bits per heavy atom. The van der Waals surface area contributed by atoms with Crippen molar-refractivity contribution in [3.05, 3.63) is 28.8 Å². The van der Waals surface area contributed by atoms with Gasteiger partial charge in [-0.2, -0.15) is 0 Å². The maximum Gasteiger partial charge on any atom is 0.122 e. The average molecular weight is 247 g/mol. The summed E-state index contributed by atoms with van der Waals surface area (Å²) in [5, 5.41) is 3.59. The van der Waals surface area contributed by atoms with Crippen LogP contribution < -0.4 is 10.1 Å². The second kappa shape index (κ2) is 5.75. The number of nitrogens with one attached hydrogen (secondary N) is 1. The molecule has 0 bridgehead atoms. The lowest BCUT2D eigenvalue weighted by molar-refractivity contribution is 0.411. The van der Waals surface area contributed by atoms with Crippen molar-refractivity contribution in [1.82, 2.24) is 5.32 Å². The van der Waals surface area contributed by atoms with E-state index in [1.54, 1.807) is 7.11 Å². The van der Waals surface area contributed by atoms with Gasteiger partial charge in [0.05, 0.1) is 7.11 Å². The van der Waals surface area contributed by atoms with Gasteiger partial charge >= 0.3 is 0 Å². The van der Waals surface area contributed by atoms with Crippen LogP contribution >= 0.6 is 0 Å². The van der Waals surface area contributed by atoms with Crippen LogP contribution in [-0.4, -0.2) is 19.7 Å². The molecule has 1 fully saturated rings. The van der Waals surface area contributed by atoms with Crippen LogP contribution in [0, 0.1) is 13.8 Å². The summed E-state index contributed by atoms with van der Waals surface area (Å²) in [6.45, 7) is 7.81. The van der Waals surface area contributed by atoms with E-state index in [1.165, 1.54) is 36.0 Å². The van der Waals surface area contributed by atoms with Crippen molar-refractivity contribution in [1.29, 1.82) is 0 Å². The monoisotopic (exact) mass is 247 g/mol. The van der Waals surface area contributed by atoms with Gasteiger partial charge in [-0.05, 0) is 68.3 Å². The van der Waals surface area contributed by atoms with E-state index in [4.69, 9.17) is 4.74 Å². The minimum absolute atomic E-state index is 0.612. The first-order valence-corrected chi connectivity index (χ1v) is 7.01. The van der Waals surface area contributed by atoms with Crippen LogP contribution in [0.25, 0.3) is 0 Å². The molecule has 1 unspecified atom stereocenters. The van der Waals surface area contributed by atoms with E-state index in [1.807, 2.05) is 0 Å². The van der Waals surface area contributed by atoms with E-state index in [-0.39, 0.29) is 0 Å². The molecule has 0 heterocycles. The SMILES string of the molecule is COc1ccc(C(C)CCNC2CC2)c(C)c1C. The normalized spacial score (nSPS) is 16.7. The molecule has 1 aromatic carbocycles. The maximum absolute atomic E-state index is 5.37. The molecular weight excluding hydrogens is 222 g/mol. The van der Waals surface area contributed by atoms with E-state index in [9.17, 15) is 0 Å². The van der Waals surface area contributed by atoms with Crippen molar-refractivity contribution in [3.8, 4) is 5.75 Å². The van der Waals surface area contributed by atoms with Gasteiger partial charge in [0.1, 0.15) is 5.75 Å². The quantitative estimate of drug-likeness (QED) is 0.830. The lowest BCUT2D eigenvalue weighted by Crippen LogP contribution is -2.19. The van der Waals surface area contributed by atoms with Crippen LogP contribution in [0.3, 0.4) is 0 Å². The zero-order chi connectivity index (χ0) is 13.1. The molecule has 0 spiro atoms. The smallest absolute Gasteiger partial charge is 0.122 e. The predicted molar refractivity (Wildman–Crippen MR) is 76.5 cm³/mol. The number of ether oxygens (including phenoxy) is 1. The largest absolute Gasteiger partial charge is 0.496 e. The summed E-state index contributed by atoms with van der Waals surface area (Å²) in [6, 6.07) is 5.14. The minimum Gasteiger partial charge on any atom is -0.496 e.